The van der Waals surface area contributed by atoms with Crippen molar-refractivity contribution in [3.05, 3.63) is 138 Å². The normalized spacial score (nSPS) is 19.0. The van der Waals surface area contributed by atoms with E-state index in [2.05, 4.69) is 134 Å². The largest absolute Gasteiger partial charge is 1.00 e. The van der Waals surface area contributed by atoms with E-state index in [0.29, 0.717) is 46.9 Å². The summed E-state index contributed by atoms with van der Waals surface area (Å²) in [4.78, 5) is 80.0. The molecule has 8 rings (SSSR count). The SMILES string of the molecule is C.CC(=O)c1cccc(Br)n1.CC(C)(C)OC(=O)OC(=O)OC(C)(C)C.CC(C)(C)[O-].CN1C(N)=N[C@](C)(c2cccc(Br)n2)CS1(=O)=O.CN1C(N)=N[C@](C)(c2cccc(Br)n2)CS1(=O)=O.CN1C(NC(=O)OC(C)(C)C)=N[C@](C)(c2cccc(N)n2)CS1(=O)=O.CNS(=O)(=O)C[C@](C)(N)c1cccc(Br)n1.N#CBr.[Na+]. The summed E-state index contributed by atoms with van der Waals surface area (Å²) in [7, 11) is -8.54. The first-order valence-electron chi connectivity index (χ1n) is 32.2. The standard InChI is InChI=1S/C15H23N5O4S.2C10H13BrN4O2S.C10H18O5.C9H14BrN3O2S.C7H6BrNO.C4H9O.CBrN.CH4.Na/c1-14(2,3)24-13(21)18-12-19-15(4,9-25(22,23)20(12)5)10-7-6-8-11(16)17-10;2*1-10(7-4-3-5-8(11)13-7)6-18(16,17)15(2)9(12)14-10;1-9(2,3)14-7(11)13-8(12)15-10(4,5)6;1-9(11,6-16(14,15)12-2)7-4-3-5-8(10)13-7;1-5(10)6-3-2-4-7(8)9-6;1-4(2,3)5;2-1-3;;/h6-8H,9H2,1-5H3,(H2,16,17)(H,18,19,21);2*3-5H,6H2,1-2H3,(H2,12,14);1-6H3;3-5,12H,6,11H2,1-2H3;2-4H,1H3;1-3H3;;1H4;/q;;;;;;-1;;;+1/t15-;2*10-;;9-;;;;;/m000.0...../s1. The molecule has 3 aliphatic rings. The molecule has 1 amide bonds. The molecule has 45 heteroatoms. The molecule has 4 atom stereocenters. The van der Waals surface area contributed by atoms with Crippen LogP contribution in [0.4, 0.5) is 20.2 Å². The Morgan fingerprint density at radius 1 is 0.571 bits per heavy atom. The van der Waals surface area contributed by atoms with E-state index in [1.807, 2.05) is 0 Å². The minimum absolute atomic E-state index is 0. The molecule has 3 aliphatic heterocycles. The number of ether oxygens (including phenoxy) is 4. The Morgan fingerprint density at radius 2 is 0.893 bits per heavy atom. The number of anilines is 1. The topological polar surface area (TPSA) is 528 Å². The maximum atomic E-state index is 12.5. The molecule has 620 valence electrons. The van der Waals surface area contributed by atoms with Gasteiger partial charge in [0.15, 0.2) is 5.78 Å². The second-order valence-electron chi connectivity index (χ2n) is 28.5. The number of nitrogen functional groups attached to an aromatic ring is 1. The van der Waals surface area contributed by atoms with Gasteiger partial charge in [0, 0.05) is 44.0 Å². The smallest absolute Gasteiger partial charge is 0.850 e. The van der Waals surface area contributed by atoms with Gasteiger partial charge in [-0.1, -0.05) is 58.5 Å². The van der Waals surface area contributed by atoms with Crippen molar-refractivity contribution in [1.82, 2.24) is 47.9 Å². The van der Waals surface area contributed by atoms with Crippen molar-refractivity contribution >= 4 is 168 Å². The van der Waals surface area contributed by atoms with Crippen LogP contribution in [0.1, 0.15) is 158 Å². The van der Waals surface area contributed by atoms with Gasteiger partial charge in [-0.2, -0.15) is 5.26 Å². The monoisotopic (exact) mass is 1970 g/mol. The second-order valence-corrected chi connectivity index (χ2v) is 40.0. The van der Waals surface area contributed by atoms with Crippen LogP contribution in [0.5, 0.6) is 0 Å². The molecule has 0 bridgehead atoms. The number of ketones is 1. The van der Waals surface area contributed by atoms with Crippen LogP contribution < -0.4 is 67.6 Å². The summed E-state index contributed by atoms with van der Waals surface area (Å²) in [5.41, 5.74) is 18.5. The van der Waals surface area contributed by atoms with Crippen LogP contribution in [-0.2, 0) is 81.2 Å². The number of sulfonamides is 4. The number of nitriles is 1. The van der Waals surface area contributed by atoms with Crippen molar-refractivity contribution < 1.29 is 106 Å². The van der Waals surface area contributed by atoms with E-state index in [4.69, 9.17) is 42.4 Å². The summed E-state index contributed by atoms with van der Waals surface area (Å²) in [6, 6.07) is 26.0. The van der Waals surface area contributed by atoms with Crippen molar-refractivity contribution in [2.45, 2.75) is 170 Å². The van der Waals surface area contributed by atoms with Gasteiger partial charge in [0.25, 0.3) is 0 Å². The molecule has 0 aromatic carbocycles. The number of aromatic nitrogens is 5. The van der Waals surface area contributed by atoms with Gasteiger partial charge in [0.1, 0.15) is 85.6 Å². The molecule has 0 aliphatic carbocycles. The third-order valence-corrected chi connectivity index (χ3v) is 22.5. The number of rotatable bonds is 8. The quantitative estimate of drug-likeness (QED) is 0.0242. The fourth-order valence-electron chi connectivity index (χ4n) is 8.36. The number of guanidine groups is 3. The Morgan fingerprint density at radius 3 is 1.21 bits per heavy atom. The number of nitrogens with two attached hydrogens (primary N) is 4. The number of pyridine rings is 5. The third kappa shape index (κ3) is 39.4. The third-order valence-electron chi connectivity index (χ3n) is 13.3. The fraction of sp³-hybridized carbons (Fsp3) is 0.507. The van der Waals surface area contributed by atoms with E-state index in [9.17, 15) is 58.0 Å². The molecule has 0 unspecified atom stereocenters. The van der Waals surface area contributed by atoms with E-state index < -0.39 is 103 Å². The van der Waals surface area contributed by atoms with Gasteiger partial charge >= 0.3 is 48.0 Å². The Kier molecular flexibility index (Phi) is 42.6. The summed E-state index contributed by atoms with van der Waals surface area (Å²) in [6.07, 6.45) is -2.91. The van der Waals surface area contributed by atoms with Gasteiger partial charge in [-0.25, -0.2) is 106 Å². The number of amides is 1. The molecule has 0 saturated heterocycles. The maximum Gasteiger partial charge on any atom is 1.00 e. The maximum absolute atomic E-state index is 12.5. The summed E-state index contributed by atoms with van der Waals surface area (Å²) >= 11 is 15.4. The van der Waals surface area contributed by atoms with E-state index in [1.54, 1.807) is 207 Å². The molecule has 8 heterocycles. The van der Waals surface area contributed by atoms with E-state index in [0.717, 1.165) is 12.9 Å². The van der Waals surface area contributed by atoms with Gasteiger partial charge in [-0.05, 0) is 221 Å². The van der Waals surface area contributed by atoms with Gasteiger partial charge in [0.2, 0.25) is 58.0 Å². The molecule has 0 saturated carbocycles. The Balaban J connectivity index is 0. The van der Waals surface area contributed by atoms with Gasteiger partial charge in [-0.15, -0.1) is 5.60 Å². The minimum atomic E-state index is -3.72. The van der Waals surface area contributed by atoms with E-state index in [-0.39, 0.29) is 89.5 Å². The molecular weight excluding hydrogens is 1880 g/mol. The molecule has 5 aromatic heterocycles. The molecule has 0 fully saturated rings. The van der Waals surface area contributed by atoms with Crippen LogP contribution in [0.3, 0.4) is 0 Å². The molecule has 5 aromatic rings. The minimum Gasteiger partial charge on any atom is -0.850 e. The molecule has 10 N–H and O–H groups in total. The van der Waals surface area contributed by atoms with Crippen molar-refractivity contribution in [3.8, 4) is 4.98 Å². The van der Waals surface area contributed by atoms with Crippen LogP contribution in [0.15, 0.2) is 124 Å². The summed E-state index contributed by atoms with van der Waals surface area (Å²) in [6.45, 7) is 28.2. The predicted molar refractivity (Wildman–Crippen MR) is 442 cm³/mol. The number of nitrogens with zero attached hydrogens (tertiary/aromatic N) is 12. The molecule has 0 radical (unpaired) electrons. The number of Topliss-reactive ketones (excluding diaryl/α,β-unsaturated/α-hetero) is 1. The average molecular weight is 1980 g/mol. The van der Waals surface area contributed by atoms with Crippen LogP contribution >= 0.6 is 79.6 Å². The van der Waals surface area contributed by atoms with Crippen LogP contribution in [0, 0.1) is 10.2 Å². The zero-order chi connectivity index (χ0) is 85.6. The molecule has 112 heavy (non-hydrogen) atoms. The number of aliphatic imine (C=N–C) groups is 3. The summed E-state index contributed by atoms with van der Waals surface area (Å²) in [5.74, 6) is -0.746. The van der Waals surface area contributed by atoms with Gasteiger partial charge < -0.3 is 47.0 Å². The number of carbonyl (C=O) groups excluding carboxylic acids is 4. The van der Waals surface area contributed by atoms with Crippen LogP contribution in [-0.4, -0.2) is 187 Å². The number of hydrogen-bond acceptors (Lipinski definition) is 30. The first-order valence-corrected chi connectivity index (χ1v) is 42.6. The Labute approximate surface area is 722 Å². The average Bonchev–Trinajstić information content (AvgIpc) is 0.786. The van der Waals surface area contributed by atoms with Crippen molar-refractivity contribution in [3.63, 3.8) is 0 Å². The Bertz CT molecular complexity index is 4520. The number of nitrogens with one attached hydrogen (secondary N) is 2. The Hall–Kier alpha value is -6.19. The van der Waals surface area contributed by atoms with Crippen molar-refractivity contribution in [1.29, 1.82) is 5.26 Å². The summed E-state index contributed by atoms with van der Waals surface area (Å²) in [5, 5.41) is 19.7. The zero-order valence-electron chi connectivity index (χ0n) is 65.6. The second kappa shape index (κ2) is 44.2. The first kappa shape index (κ1) is 108. The van der Waals surface area contributed by atoms with Crippen LogP contribution in [0.25, 0.3) is 0 Å². The van der Waals surface area contributed by atoms with Gasteiger partial charge in [0.05, 0.1) is 34.1 Å². The molecule has 35 nitrogen and oxygen atoms in total. The van der Waals surface area contributed by atoms with Crippen LogP contribution in [0.2, 0.25) is 0 Å². The fourth-order valence-corrected chi connectivity index (χ4v) is 15.2. The van der Waals surface area contributed by atoms with E-state index in [1.165, 1.54) is 35.1 Å². The number of halogens is 5. The van der Waals surface area contributed by atoms with Gasteiger partial charge in [-0.3, -0.25) is 10.1 Å². The number of carbonyl (C=O) groups is 4. The molecular formula is C67H100Br5N18NaO17S4. The summed E-state index contributed by atoms with van der Waals surface area (Å²) < 4.78 is 123. The number of hydrogen-bond donors (Lipinski definition) is 6. The predicted octanol–water partition coefficient (Wildman–Crippen LogP) is 6.47. The van der Waals surface area contributed by atoms with Crippen molar-refractivity contribution in [2.75, 3.05) is 56.9 Å². The van der Waals surface area contributed by atoms with Crippen molar-refractivity contribution in [2.24, 2.45) is 32.2 Å². The number of alkyl carbamates (subject to hydrolysis) is 1. The van der Waals surface area contributed by atoms with E-state index >= 15 is 0 Å². The molecule has 0 spiro atoms. The zero-order valence-corrected chi connectivity index (χ0v) is 78.8. The first-order chi connectivity index (χ1) is 49.7.